The summed E-state index contributed by atoms with van der Waals surface area (Å²) in [5, 5.41) is 32.8. The van der Waals surface area contributed by atoms with Crippen molar-refractivity contribution >= 4 is 33.8 Å². The van der Waals surface area contributed by atoms with Crippen molar-refractivity contribution in [1.82, 2.24) is 24.8 Å². The number of nitrogens with two attached hydrogens (primary N) is 1. The molecule has 1 aliphatic rings. The fourth-order valence-corrected chi connectivity index (χ4v) is 4.87. The number of carbonyl (C=O) groups is 1. The SMILES string of the molecule is C[S+](CC[C@H](N[14CH3])C(=O)O)C[C@H]1O[C@@H](n2cnc3c(N)ncnc32)[C@H](O)[C@@H]1O. The van der Waals surface area contributed by atoms with Crippen molar-refractivity contribution < 1.29 is 24.9 Å². The molecule has 1 aliphatic heterocycles. The lowest BCUT2D eigenvalue weighted by Crippen LogP contribution is -2.38. The minimum absolute atomic E-state index is 0.197. The van der Waals surface area contributed by atoms with Gasteiger partial charge >= 0.3 is 5.97 Å². The lowest BCUT2D eigenvalue weighted by atomic mass is 10.1. The first-order valence-corrected chi connectivity index (χ1v) is 10.7. The molecule has 6 N–H and O–H groups in total. The van der Waals surface area contributed by atoms with Crippen molar-refractivity contribution in [2.75, 3.05) is 30.5 Å². The molecule has 3 heterocycles. The number of nitrogens with one attached hydrogen (secondary N) is 1. The molecule has 1 fully saturated rings. The number of nitrogens with zero attached hydrogens (tertiary/aromatic N) is 4. The molecule has 2 aromatic heterocycles. The molecule has 2 aromatic rings. The highest BCUT2D eigenvalue weighted by atomic mass is 32.2. The van der Waals surface area contributed by atoms with Gasteiger partial charge in [0.05, 0.1) is 12.6 Å². The summed E-state index contributed by atoms with van der Waals surface area (Å²) in [6.07, 6.45) is 1.57. The first-order valence-electron chi connectivity index (χ1n) is 8.77. The van der Waals surface area contributed by atoms with Gasteiger partial charge in [0.2, 0.25) is 0 Å². The van der Waals surface area contributed by atoms with Crippen molar-refractivity contribution in [3.63, 3.8) is 0 Å². The van der Waals surface area contributed by atoms with Gasteiger partial charge in [0.15, 0.2) is 17.7 Å². The van der Waals surface area contributed by atoms with E-state index in [1.54, 1.807) is 7.05 Å². The molecule has 28 heavy (non-hydrogen) atoms. The molecule has 1 saturated heterocycles. The topological polar surface area (TPSA) is 169 Å². The summed E-state index contributed by atoms with van der Waals surface area (Å²) in [5.41, 5.74) is 6.60. The van der Waals surface area contributed by atoms with Crippen LogP contribution in [0, 0.1) is 0 Å². The molecule has 0 radical (unpaired) electrons. The van der Waals surface area contributed by atoms with Crippen LogP contribution in [0.1, 0.15) is 12.6 Å². The van der Waals surface area contributed by atoms with Crippen LogP contribution in [0.15, 0.2) is 12.7 Å². The largest absolute Gasteiger partial charge is 0.480 e. The van der Waals surface area contributed by atoms with Gasteiger partial charge in [-0.2, -0.15) is 0 Å². The molecule has 6 atom stereocenters. The molecule has 0 bridgehead atoms. The van der Waals surface area contributed by atoms with Crippen LogP contribution in [0.5, 0.6) is 0 Å². The average molecular weight is 415 g/mol. The number of aliphatic hydroxyl groups is 2. The third-order valence-electron chi connectivity index (χ3n) is 4.85. The van der Waals surface area contributed by atoms with E-state index in [2.05, 4.69) is 20.3 Å². The zero-order chi connectivity index (χ0) is 20.4. The zero-order valence-corrected chi connectivity index (χ0v) is 16.4. The van der Waals surface area contributed by atoms with E-state index in [0.717, 1.165) is 0 Å². The first-order chi connectivity index (χ1) is 13.3. The van der Waals surface area contributed by atoms with Crippen molar-refractivity contribution in [2.45, 2.75) is 37.0 Å². The van der Waals surface area contributed by atoms with Gasteiger partial charge < -0.3 is 31.1 Å². The number of aliphatic carboxylic acids is 1. The summed E-state index contributed by atoms with van der Waals surface area (Å²) in [6, 6.07) is -0.606. The number of likely N-dealkylation sites (N-methyl/N-ethyl adjacent to an activating group) is 1. The molecule has 154 valence electrons. The van der Waals surface area contributed by atoms with E-state index in [0.29, 0.717) is 29.1 Å². The second kappa shape index (κ2) is 8.57. The molecule has 0 spiro atoms. The number of anilines is 1. The average Bonchev–Trinajstić information content (AvgIpc) is 3.19. The number of ether oxygens (including phenoxy) is 1. The molecule has 1 unspecified atom stereocenters. The Hall–Kier alpha value is -1.99. The third kappa shape index (κ3) is 4.05. The van der Waals surface area contributed by atoms with E-state index in [4.69, 9.17) is 15.6 Å². The van der Waals surface area contributed by atoms with Gasteiger partial charge in [0.1, 0.15) is 47.7 Å². The monoisotopic (exact) mass is 415 g/mol. The molecule has 12 heteroatoms. The highest BCUT2D eigenvalue weighted by molar-refractivity contribution is 7.96. The van der Waals surface area contributed by atoms with E-state index < -0.39 is 36.6 Å². The summed E-state index contributed by atoms with van der Waals surface area (Å²) in [4.78, 5) is 23.3. The number of rotatable bonds is 8. The molecule has 0 aliphatic carbocycles. The lowest BCUT2D eigenvalue weighted by Gasteiger charge is -2.16. The Morgan fingerprint density at radius 1 is 1.43 bits per heavy atom. The number of fused-ring (bicyclic) bond motifs is 1. The second-order valence-electron chi connectivity index (χ2n) is 6.75. The van der Waals surface area contributed by atoms with Crippen LogP contribution in [0.2, 0.25) is 0 Å². The first kappa shape index (κ1) is 20.7. The summed E-state index contributed by atoms with van der Waals surface area (Å²) in [5.74, 6) is 0.513. The summed E-state index contributed by atoms with van der Waals surface area (Å²) < 4.78 is 7.46. The van der Waals surface area contributed by atoms with Gasteiger partial charge in [-0.05, 0) is 17.9 Å². The number of hydrogen-bond acceptors (Lipinski definition) is 9. The number of hydrogen-bond donors (Lipinski definition) is 5. The minimum Gasteiger partial charge on any atom is -0.480 e. The van der Waals surface area contributed by atoms with Crippen molar-refractivity contribution in [3.05, 3.63) is 12.7 Å². The maximum absolute atomic E-state index is 11.1. The van der Waals surface area contributed by atoms with Gasteiger partial charge in [-0.15, -0.1) is 0 Å². The van der Waals surface area contributed by atoms with Crippen LogP contribution in [-0.2, 0) is 20.4 Å². The van der Waals surface area contributed by atoms with Gasteiger partial charge in [-0.1, -0.05) is 0 Å². The van der Waals surface area contributed by atoms with Gasteiger partial charge in [0, 0.05) is 6.42 Å². The third-order valence-corrected chi connectivity index (χ3v) is 6.68. The summed E-state index contributed by atoms with van der Waals surface area (Å²) >= 11 is 0. The predicted octanol–water partition coefficient (Wildman–Crippen LogP) is -1.66. The highest BCUT2D eigenvalue weighted by Crippen LogP contribution is 2.32. The molecule has 11 nitrogen and oxygen atoms in total. The smallest absolute Gasteiger partial charge is 0.320 e. The Bertz CT molecular complexity index is 835. The van der Waals surface area contributed by atoms with E-state index in [1.807, 2.05) is 6.26 Å². The van der Waals surface area contributed by atoms with Crippen LogP contribution >= 0.6 is 0 Å². The summed E-state index contributed by atoms with van der Waals surface area (Å²) in [6.45, 7) is 0. The van der Waals surface area contributed by atoms with Crippen molar-refractivity contribution in [1.29, 1.82) is 0 Å². The molecule has 0 saturated carbocycles. The van der Waals surface area contributed by atoms with E-state index in [-0.39, 0.29) is 16.7 Å². The minimum atomic E-state index is -1.15. The van der Waals surface area contributed by atoms with Crippen LogP contribution in [-0.4, -0.2) is 90.0 Å². The number of carboxylic acids is 1. The maximum atomic E-state index is 11.1. The van der Waals surface area contributed by atoms with Crippen LogP contribution in [0.4, 0.5) is 5.82 Å². The van der Waals surface area contributed by atoms with Crippen molar-refractivity contribution in [2.24, 2.45) is 0 Å². The summed E-state index contributed by atoms with van der Waals surface area (Å²) in [7, 11) is 1.42. The Kier molecular flexibility index (Phi) is 6.35. The number of imidazole rings is 1. The lowest BCUT2D eigenvalue weighted by molar-refractivity contribution is -0.139. The zero-order valence-electron chi connectivity index (χ0n) is 15.6. The molecule has 0 aromatic carbocycles. The van der Waals surface area contributed by atoms with E-state index in [1.165, 1.54) is 17.2 Å². The standard InChI is InChI=1S/C16H24N6O5S/c1-18-8(16(25)26)3-4-28(2)5-9-11(23)12(24)15(27-9)22-7-21-10-13(17)19-6-20-14(10)22/h6-9,11-12,15,18,23-24H,3-5H2,1-2H3,(H2-,17,19,20,25,26)/p+1/t8-,9+,11+,12+,15+,28?/m0/s1/i1+2. The Morgan fingerprint density at radius 2 is 2.18 bits per heavy atom. The maximum Gasteiger partial charge on any atom is 0.320 e. The number of carboxylic acid groups (broad SMARTS) is 1. The van der Waals surface area contributed by atoms with Gasteiger partial charge in [-0.25, -0.2) is 15.0 Å². The molecule has 3 rings (SSSR count). The molecule has 0 amide bonds. The van der Waals surface area contributed by atoms with Gasteiger partial charge in [-0.3, -0.25) is 9.36 Å². The van der Waals surface area contributed by atoms with Crippen LogP contribution in [0.25, 0.3) is 11.2 Å². The number of aromatic nitrogens is 4. The Labute approximate surface area is 164 Å². The van der Waals surface area contributed by atoms with Crippen molar-refractivity contribution in [3.8, 4) is 0 Å². The van der Waals surface area contributed by atoms with Crippen LogP contribution < -0.4 is 11.1 Å². The fraction of sp³-hybridized carbons (Fsp3) is 0.625. The normalized spacial score (nSPS) is 27.1. The molecular formula is C16H25N6O5S+. The second-order valence-corrected chi connectivity index (χ2v) is 9.05. The van der Waals surface area contributed by atoms with E-state index in [9.17, 15) is 15.0 Å². The number of aliphatic hydroxyl groups excluding tert-OH is 2. The fourth-order valence-electron chi connectivity index (χ4n) is 3.23. The quantitative estimate of drug-likeness (QED) is 0.315. The van der Waals surface area contributed by atoms with Gasteiger partial charge in [0.25, 0.3) is 0 Å². The number of nitrogen functional groups attached to an aromatic ring is 1. The van der Waals surface area contributed by atoms with Crippen LogP contribution in [0.3, 0.4) is 0 Å². The predicted molar refractivity (Wildman–Crippen MR) is 104 cm³/mol. The van der Waals surface area contributed by atoms with E-state index >= 15 is 0 Å². The highest BCUT2D eigenvalue weighted by Gasteiger charge is 2.46. The molecular weight excluding hydrogens is 390 g/mol. The Morgan fingerprint density at radius 3 is 2.86 bits per heavy atom. The Balaban J connectivity index is 1.67.